The zero-order valence-electron chi connectivity index (χ0n) is 19.5. The van der Waals surface area contributed by atoms with Gasteiger partial charge in [0.25, 0.3) is 0 Å². The van der Waals surface area contributed by atoms with Gasteiger partial charge in [-0.05, 0) is 53.1 Å². The third kappa shape index (κ3) is 4.00. The SMILES string of the molecule is CC1(C)CCCCC1n1nc(-c2cc3ccccc3cn2)nc1CN1CCc2sccc2C1. The number of thiophene rings is 1. The van der Waals surface area contributed by atoms with Crippen LogP contribution in [0.5, 0.6) is 0 Å². The van der Waals surface area contributed by atoms with Crippen LogP contribution in [-0.4, -0.2) is 31.2 Å². The maximum atomic E-state index is 5.12. The first-order valence-corrected chi connectivity index (χ1v) is 13.0. The van der Waals surface area contributed by atoms with Crippen LogP contribution in [0.1, 0.15) is 61.8 Å². The first-order valence-electron chi connectivity index (χ1n) is 12.1. The Labute approximate surface area is 199 Å². The van der Waals surface area contributed by atoms with Gasteiger partial charge in [0, 0.05) is 29.5 Å². The highest BCUT2D eigenvalue weighted by molar-refractivity contribution is 7.10. The summed E-state index contributed by atoms with van der Waals surface area (Å²) < 4.78 is 2.27. The Kier molecular flexibility index (Phi) is 5.30. The van der Waals surface area contributed by atoms with Gasteiger partial charge >= 0.3 is 0 Å². The van der Waals surface area contributed by atoms with E-state index in [0.717, 1.165) is 48.8 Å². The van der Waals surface area contributed by atoms with Gasteiger partial charge in [-0.1, -0.05) is 51.0 Å². The summed E-state index contributed by atoms with van der Waals surface area (Å²) in [5.41, 5.74) is 2.56. The number of pyridine rings is 1. The van der Waals surface area contributed by atoms with Gasteiger partial charge in [0.05, 0.1) is 12.6 Å². The fourth-order valence-electron chi connectivity index (χ4n) is 5.60. The molecule has 1 unspecified atom stereocenters. The van der Waals surface area contributed by atoms with Crippen LogP contribution in [0, 0.1) is 5.41 Å². The third-order valence-corrected chi connectivity index (χ3v) is 8.58. The summed E-state index contributed by atoms with van der Waals surface area (Å²) in [6.07, 6.45) is 8.05. The van der Waals surface area contributed by atoms with Gasteiger partial charge in [-0.2, -0.15) is 0 Å². The molecule has 1 aromatic carbocycles. The number of nitrogens with zero attached hydrogens (tertiary/aromatic N) is 5. The molecule has 0 spiro atoms. The van der Waals surface area contributed by atoms with Crippen LogP contribution in [0.25, 0.3) is 22.3 Å². The molecule has 0 bridgehead atoms. The molecule has 4 aromatic rings. The van der Waals surface area contributed by atoms with E-state index in [-0.39, 0.29) is 5.41 Å². The number of hydrogen-bond donors (Lipinski definition) is 0. The van der Waals surface area contributed by atoms with Gasteiger partial charge in [0.1, 0.15) is 11.5 Å². The zero-order valence-corrected chi connectivity index (χ0v) is 20.3. The van der Waals surface area contributed by atoms with E-state index in [4.69, 9.17) is 15.1 Å². The lowest BCUT2D eigenvalue weighted by Crippen LogP contribution is -2.35. The third-order valence-electron chi connectivity index (χ3n) is 7.56. The van der Waals surface area contributed by atoms with E-state index in [0.29, 0.717) is 6.04 Å². The van der Waals surface area contributed by atoms with Crippen LogP contribution < -0.4 is 0 Å². The Balaban J connectivity index is 1.38. The molecule has 1 aliphatic heterocycles. The minimum absolute atomic E-state index is 0.219. The minimum Gasteiger partial charge on any atom is -0.291 e. The smallest absolute Gasteiger partial charge is 0.200 e. The quantitative estimate of drug-likeness (QED) is 0.363. The average Bonchev–Trinajstić information content (AvgIpc) is 3.45. The molecular formula is C27H31N5S. The standard InChI is InChI=1S/C27H31N5S/c1-27(2)12-6-5-9-24(27)32-25(18-31-13-10-23-21(17-31)11-14-33-23)29-26(30-32)22-15-19-7-3-4-8-20(19)16-28-22/h3-4,7-8,11,14-16,24H,5-6,9-10,12-13,17-18H2,1-2H3. The van der Waals surface area contributed by atoms with Gasteiger partial charge in [0.2, 0.25) is 0 Å². The molecular weight excluding hydrogens is 426 g/mol. The molecule has 3 aromatic heterocycles. The second-order valence-corrected chi connectivity index (χ2v) is 11.3. The summed E-state index contributed by atoms with van der Waals surface area (Å²) in [4.78, 5) is 13.9. The van der Waals surface area contributed by atoms with E-state index in [9.17, 15) is 0 Å². The predicted molar refractivity (Wildman–Crippen MR) is 134 cm³/mol. The Bertz CT molecular complexity index is 1290. The molecule has 1 atom stereocenters. The van der Waals surface area contributed by atoms with Crippen LogP contribution >= 0.6 is 11.3 Å². The van der Waals surface area contributed by atoms with E-state index < -0.39 is 0 Å². The van der Waals surface area contributed by atoms with Gasteiger partial charge in [0.15, 0.2) is 5.82 Å². The molecule has 170 valence electrons. The molecule has 0 saturated heterocycles. The van der Waals surface area contributed by atoms with E-state index in [1.807, 2.05) is 17.5 Å². The minimum atomic E-state index is 0.219. The normalized spacial score (nSPS) is 20.7. The first-order chi connectivity index (χ1) is 16.1. The van der Waals surface area contributed by atoms with Crippen molar-refractivity contribution in [3.05, 3.63) is 64.2 Å². The highest BCUT2D eigenvalue weighted by atomic mass is 32.1. The monoisotopic (exact) mass is 457 g/mol. The second kappa shape index (κ2) is 8.33. The maximum absolute atomic E-state index is 5.12. The van der Waals surface area contributed by atoms with Gasteiger partial charge in [-0.25, -0.2) is 9.67 Å². The molecule has 1 fully saturated rings. The first kappa shape index (κ1) is 21.0. The zero-order chi connectivity index (χ0) is 22.4. The summed E-state index contributed by atoms with van der Waals surface area (Å²) in [5.74, 6) is 1.84. The van der Waals surface area contributed by atoms with E-state index >= 15 is 0 Å². The van der Waals surface area contributed by atoms with Crippen LogP contribution in [-0.2, 0) is 19.5 Å². The van der Waals surface area contributed by atoms with Gasteiger partial charge < -0.3 is 0 Å². The lowest BCUT2D eigenvalue weighted by Gasteiger charge is -2.39. The lowest BCUT2D eigenvalue weighted by molar-refractivity contribution is 0.124. The topological polar surface area (TPSA) is 46.8 Å². The highest BCUT2D eigenvalue weighted by Crippen LogP contribution is 2.44. The van der Waals surface area contributed by atoms with Crippen molar-refractivity contribution in [2.24, 2.45) is 5.41 Å². The number of aromatic nitrogens is 4. The number of rotatable bonds is 4. The number of benzene rings is 1. The fraction of sp³-hybridized carbons (Fsp3) is 0.444. The molecule has 1 aliphatic carbocycles. The lowest BCUT2D eigenvalue weighted by atomic mass is 9.73. The molecule has 0 radical (unpaired) electrons. The average molecular weight is 458 g/mol. The molecule has 2 aliphatic rings. The Morgan fingerprint density at radius 3 is 2.88 bits per heavy atom. The van der Waals surface area contributed by atoms with Gasteiger partial charge in [-0.15, -0.1) is 16.4 Å². The van der Waals surface area contributed by atoms with Crippen molar-refractivity contribution in [2.45, 2.75) is 65.1 Å². The number of hydrogen-bond acceptors (Lipinski definition) is 5. The summed E-state index contributed by atoms with van der Waals surface area (Å²) >= 11 is 1.89. The summed E-state index contributed by atoms with van der Waals surface area (Å²) in [6.45, 7) is 7.72. The van der Waals surface area contributed by atoms with Crippen LogP contribution in [0.15, 0.2) is 48.0 Å². The van der Waals surface area contributed by atoms with Crippen molar-refractivity contribution in [1.29, 1.82) is 0 Å². The van der Waals surface area contributed by atoms with Crippen LogP contribution in [0.3, 0.4) is 0 Å². The summed E-state index contributed by atoms with van der Waals surface area (Å²) in [5, 5.41) is 9.68. The predicted octanol–water partition coefficient (Wildman–Crippen LogP) is 6.25. The van der Waals surface area contributed by atoms with Crippen molar-refractivity contribution < 1.29 is 0 Å². The highest BCUT2D eigenvalue weighted by Gasteiger charge is 2.36. The van der Waals surface area contributed by atoms with E-state index in [1.165, 1.54) is 36.6 Å². The van der Waals surface area contributed by atoms with Crippen molar-refractivity contribution >= 4 is 22.1 Å². The van der Waals surface area contributed by atoms with Crippen LogP contribution in [0.2, 0.25) is 0 Å². The Morgan fingerprint density at radius 1 is 1.12 bits per heavy atom. The molecule has 0 amide bonds. The van der Waals surface area contributed by atoms with Crippen LogP contribution in [0.4, 0.5) is 0 Å². The summed E-state index contributed by atoms with van der Waals surface area (Å²) in [6, 6.07) is 13.2. The Morgan fingerprint density at radius 2 is 2.00 bits per heavy atom. The molecule has 5 nitrogen and oxygen atoms in total. The van der Waals surface area contributed by atoms with Gasteiger partial charge in [-0.3, -0.25) is 9.88 Å². The van der Waals surface area contributed by atoms with Crippen molar-refractivity contribution in [2.75, 3.05) is 6.54 Å². The molecule has 6 rings (SSSR count). The van der Waals surface area contributed by atoms with Crippen molar-refractivity contribution in [1.82, 2.24) is 24.6 Å². The fourth-order valence-corrected chi connectivity index (χ4v) is 6.49. The largest absolute Gasteiger partial charge is 0.291 e. The molecule has 6 heteroatoms. The molecule has 0 N–H and O–H groups in total. The molecule has 4 heterocycles. The Hall–Kier alpha value is -2.57. The molecule has 1 saturated carbocycles. The summed E-state index contributed by atoms with van der Waals surface area (Å²) in [7, 11) is 0. The van der Waals surface area contributed by atoms with Crippen molar-refractivity contribution in [3.63, 3.8) is 0 Å². The van der Waals surface area contributed by atoms with Crippen molar-refractivity contribution in [3.8, 4) is 11.5 Å². The number of fused-ring (bicyclic) bond motifs is 2. The van der Waals surface area contributed by atoms with E-state index in [2.05, 4.69) is 65.2 Å². The maximum Gasteiger partial charge on any atom is 0.200 e. The van der Waals surface area contributed by atoms with E-state index in [1.54, 1.807) is 4.88 Å². The molecule has 33 heavy (non-hydrogen) atoms. The second-order valence-electron chi connectivity index (χ2n) is 10.3.